The van der Waals surface area contributed by atoms with Crippen LogP contribution in [0, 0.1) is 0 Å². The Morgan fingerprint density at radius 2 is 1.69 bits per heavy atom. The van der Waals surface area contributed by atoms with Gasteiger partial charge in [-0.15, -0.1) is 0 Å². The Bertz CT molecular complexity index is 1520. The van der Waals surface area contributed by atoms with Gasteiger partial charge in [-0.25, -0.2) is 4.79 Å². The molecule has 0 unspecified atom stereocenters. The molecule has 0 aromatic heterocycles. The number of carboxylic acids is 1. The number of hydrazone groups is 1. The van der Waals surface area contributed by atoms with E-state index in [1.165, 1.54) is 12.1 Å². The van der Waals surface area contributed by atoms with Crippen molar-refractivity contribution in [3.8, 4) is 16.9 Å². The molecule has 4 aromatic rings. The minimum absolute atomic E-state index is 0.106. The fraction of sp³-hybridized carbons (Fsp3) is 0.0357. The van der Waals surface area contributed by atoms with E-state index in [0.717, 1.165) is 5.56 Å². The lowest BCUT2D eigenvalue weighted by Crippen LogP contribution is -2.30. The third kappa shape index (κ3) is 4.39. The summed E-state index contributed by atoms with van der Waals surface area (Å²) in [6.45, 7) is 0.369. The molecule has 36 heavy (non-hydrogen) atoms. The van der Waals surface area contributed by atoms with Crippen LogP contribution in [0.1, 0.15) is 21.5 Å². The van der Waals surface area contributed by atoms with E-state index in [1.54, 1.807) is 53.4 Å². The maximum atomic E-state index is 13.4. The first-order valence-electron chi connectivity index (χ1n) is 11.1. The number of anilines is 2. The summed E-state index contributed by atoms with van der Waals surface area (Å²) >= 11 is 6.22. The molecule has 0 atom stereocenters. The molecular formula is C28H20ClN3O4. The molecule has 1 heterocycles. The summed E-state index contributed by atoms with van der Waals surface area (Å²) in [6.07, 6.45) is 0. The number of halogens is 1. The van der Waals surface area contributed by atoms with Crippen LogP contribution in [0.5, 0.6) is 5.75 Å². The Hall–Kier alpha value is -4.62. The van der Waals surface area contributed by atoms with Gasteiger partial charge in [-0.1, -0.05) is 66.2 Å². The minimum atomic E-state index is -1.06. The van der Waals surface area contributed by atoms with Gasteiger partial charge in [0.1, 0.15) is 5.75 Å². The molecule has 1 amide bonds. The van der Waals surface area contributed by atoms with Gasteiger partial charge in [0, 0.05) is 16.1 Å². The van der Waals surface area contributed by atoms with Crippen molar-refractivity contribution in [1.29, 1.82) is 0 Å². The average molecular weight is 498 g/mol. The molecule has 0 spiro atoms. The van der Waals surface area contributed by atoms with E-state index in [4.69, 9.17) is 11.6 Å². The number of phenols is 1. The van der Waals surface area contributed by atoms with Gasteiger partial charge in [0.2, 0.25) is 0 Å². The number of carboxylic acid groups (broad SMARTS) is 1. The summed E-state index contributed by atoms with van der Waals surface area (Å²) < 4.78 is 0. The van der Waals surface area contributed by atoms with Crippen LogP contribution in [0.3, 0.4) is 0 Å². The number of nitrogens with one attached hydrogen (secondary N) is 1. The largest absolute Gasteiger partial charge is 0.505 e. The summed E-state index contributed by atoms with van der Waals surface area (Å²) in [5, 5.41) is 25.0. The van der Waals surface area contributed by atoms with Gasteiger partial charge in [-0.05, 0) is 47.5 Å². The van der Waals surface area contributed by atoms with Crippen LogP contribution in [0.25, 0.3) is 11.1 Å². The quantitative estimate of drug-likeness (QED) is 0.232. The second-order valence-electron chi connectivity index (χ2n) is 8.20. The lowest BCUT2D eigenvalue weighted by molar-refractivity contribution is -0.112. The number of rotatable bonds is 6. The van der Waals surface area contributed by atoms with Gasteiger partial charge in [-0.3, -0.25) is 10.2 Å². The first-order valence-corrected chi connectivity index (χ1v) is 11.5. The van der Waals surface area contributed by atoms with Crippen LogP contribution in [-0.4, -0.2) is 27.8 Å². The van der Waals surface area contributed by atoms with E-state index in [0.29, 0.717) is 33.9 Å². The molecule has 1 aliphatic rings. The van der Waals surface area contributed by atoms with E-state index < -0.39 is 5.97 Å². The van der Waals surface area contributed by atoms with Gasteiger partial charge in [-0.2, -0.15) is 5.10 Å². The highest BCUT2D eigenvalue weighted by Gasteiger charge is 2.34. The highest BCUT2D eigenvalue weighted by atomic mass is 35.5. The van der Waals surface area contributed by atoms with Gasteiger partial charge in [0.05, 0.1) is 23.5 Å². The summed E-state index contributed by atoms with van der Waals surface area (Å²) in [7, 11) is 0. The lowest BCUT2D eigenvalue weighted by atomic mass is 10.0. The highest BCUT2D eigenvalue weighted by molar-refractivity contribution is 6.54. The van der Waals surface area contributed by atoms with Crippen molar-refractivity contribution in [2.24, 2.45) is 5.10 Å². The van der Waals surface area contributed by atoms with Crippen molar-refractivity contribution in [2.45, 2.75) is 6.54 Å². The second-order valence-corrected chi connectivity index (χ2v) is 8.63. The van der Waals surface area contributed by atoms with Crippen molar-refractivity contribution in [3.63, 3.8) is 0 Å². The number of para-hydroxylation sites is 1. The van der Waals surface area contributed by atoms with Crippen LogP contribution < -0.4 is 10.3 Å². The van der Waals surface area contributed by atoms with E-state index in [1.807, 2.05) is 30.3 Å². The number of aromatic carboxylic acids is 1. The number of nitrogens with zero attached hydrogens (tertiary/aromatic N) is 2. The van der Waals surface area contributed by atoms with Crippen LogP contribution in [0.4, 0.5) is 11.4 Å². The normalized spacial score (nSPS) is 13.6. The van der Waals surface area contributed by atoms with Crippen LogP contribution in [0.2, 0.25) is 5.02 Å². The molecule has 0 fully saturated rings. The minimum Gasteiger partial charge on any atom is -0.505 e. The smallest absolute Gasteiger partial charge is 0.335 e. The van der Waals surface area contributed by atoms with Crippen molar-refractivity contribution in [3.05, 3.63) is 113 Å². The zero-order valence-corrected chi connectivity index (χ0v) is 19.6. The number of fused-ring (bicyclic) bond motifs is 1. The predicted molar refractivity (Wildman–Crippen MR) is 140 cm³/mol. The number of amides is 1. The number of aromatic hydroxyl groups is 1. The standard InChI is InChI=1S/C28H20ClN3O4/c29-20-12-13-24-22(15-20)25(27(34)32(24)16-17-6-2-1-3-7-17)31-30-23-11-5-10-21(26(23)33)18-8-4-9-19(14-18)28(35)36/h1-15,30,33H,16H2,(H,35,36). The number of carbonyl (C=O) groups excluding carboxylic acids is 1. The van der Waals surface area contributed by atoms with E-state index in [2.05, 4.69) is 10.5 Å². The summed E-state index contributed by atoms with van der Waals surface area (Å²) in [5.74, 6) is -1.48. The van der Waals surface area contributed by atoms with Gasteiger partial charge in [0.15, 0.2) is 5.71 Å². The van der Waals surface area contributed by atoms with Crippen molar-refractivity contribution in [2.75, 3.05) is 10.3 Å². The molecule has 0 aliphatic carbocycles. The zero-order chi connectivity index (χ0) is 25.2. The number of phenolic OH excluding ortho intramolecular Hbond substituents is 1. The van der Waals surface area contributed by atoms with Crippen molar-refractivity contribution < 1.29 is 19.8 Å². The van der Waals surface area contributed by atoms with E-state index >= 15 is 0 Å². The summed E-state index contributed by atoms with van der Waals surface area (Å²) in [5.41, 5.74) is 6.55. The molecule has 8 heteroatoms. The monoisotopic (exact) mass is 497 g/mol. The Kier molecular flexibility index (Phi) is 6.14. The third-order valence-corrected chi connectivity index (χ3v) is 6.12. The average Bonchev–Trinajstić information content (AvgIpc) is 3.13. The van der Waals surface area contributed by atoms with Gasteiger partial charge >= 0.3 is 5.97 Å². The fourth-order valence-electron chi connectivity index (χ4n) is 4.12. The molecule has 0 bridgehead atoms. The number of benzene rings is 4. The molecule has 178 valence electrons. The number of hydrogen-bond donors (Lipinski definition) is 3. The zero-order valence-electron chi connectivity index (χ0n) is 18.9. The molecule has 5 rings (SSSR count). The van der Waals surface area contributed by atoms with E-state index in [9.17, 15) is 19.8 Å². The first kappa shape index (κ1) is 23.1. The highest BCUT2D eigenvalue weighted by Crippen LogP contribution is 2.37. The van der Waals surface area contributed by atoms with Gasteiger partial charge in [0.25, 0.3) is 5.91 Å². The Balaban J connectivity index is 1.48. The van der Waals surface area contributed by atoms with E-state index in [-0.39, 0.29) is 28.6 Å². The molecule has 0 radical (unpaired) electrons. The summed E-state index contributed by atoms with van der Waals surface area (Å²) in [4.78, 5) is 26.3. The Labute approximate surface area is 211 Å². The van der Waals surface area contributed by atoms with Crippen LogP contribution in [-0.2, 0) is 11.3 Å². The molecule has 7 nitrogen and oxygen atoms in total. The fourth-order valence-corrected chi connectivity index (χ4v) is 4.29. The molecule has 1 aliphatic heterocycles. The van der Waals surface area contributed by atoms with Crippen LogP contribution >= 0.6 is 11.6 Å². The maximum absolute atomic E-state index is 13.4. The van der Waals surface area contributed by atoms with Crippen molar-refractivity contribution in [1.82, 2.24) is 0 Å². The Morgan fingerprint density at radius 1 is 0.917 bits per heavy atom. The van der Waals surface area contributed by atoms with Gasteiger partial charge < -0.3 is 15.1 Å². The lowest BCUT2D eigenvalue weighted by Gasteiger charge is -2.17. The van der Waals surface area contributed by atoms with Crippen molar-refractivity contribution >= 4 is 40.6 Å². The predicted octanol–water partition coefficient (Wildman–Crippen LogP) is 5.77. The first-order chi connectivity index (χ1) is 17.4. The molecule has 3 N–H and O–H groups in total. The molecule has 4 aromatic carbocycles. The van der Waals surface area contributed by atoms with Crippen LogP contribution in [0.15, 0.2) is 96.1 Å². The third-order valence-electron chi connectivity index (χ3n) is 5.88. The topological polar surface area (TPSA) is 102 Å². The second kappa shape index (κ2) is 9.56. The number of carbonyl (C=O) groups is 2. The maximum Gasteiger partial charge on any atom is 0.335 e. The SMILES string of the molecule is O=C(O)c1cccc(-c2cccc(NN=C3C(=O)N(Cc4ccccc4)c4ccc(Cl)cc43)c2O)c1. The Morgan fingerprint density at radius 3 is 2.47 bits per heavy atom. The molecule has 0 saturated carbocycles. The molecular weight excluding hydrogens is 478 g/mol. The molecule has 0 saturated heterocycles. The number of hydrogen-bond acceptors (Lipinski definition) is 5. The summed E-state index contributed by atoms with van der Waals surface area (Å²) in [6, 6.07) is 26.1.